The SMILES string of the molecule is CCC1(CC)C[C@H](NC(=O)CN(c2ccc(C)c(Cl)c2)S(C)(=O)=O)c2ccccc2O1. The summed E-state index contributed by atoms with van der Waals surface area (Å²) in [5, 5.41) is 3.48. The zero-order valence-electron chi connectivity index (χ0n) is 18.3. The first kappa shape index (κ1) is 23.4. The van der Waals surface area contributed by atoms with Crippen molar-refractivity contribution in [3.05, 3.63) is 58.6 Å². The third-order valence-electron chi connectivity index (χ3n) is 5.95. The Morgan fingerprint density at radius 1 is 1.23 bits per heavy atom. The van der Waals surface area contributed by atoms with Crippen molar-refractivity contribution in [2.45, 2.75) is 51.7 Å². The topological polar surface area (TPSA) is 75.7 Å². The maximum Gasteiger partial charge on any atom is 0.241 e. The van der Waals surface area contributed by atoms with Gasteiger partial charge in [-0.1, -0.05) is 49.7 Å². The van der Waals surface area contributed by atoms with Gasteiger partial charge in [-0.05, 0) is 43.5 Å². The second-order valence-corrected chi connectivity index (χ2v) is 10.4. The van der Waals surface area contributed by atoms with Gasteiger partial charge in [0.15, 0.2) is 0 Å². The Kier molecular flexibility index (Phi) is 6.86. The van der Waals surface area contributed by atoms with Crippen LogP contribution in [-0.4, -0.2) is 32.7 Å². The minimum absolute atomic E-state index is 0.264. The second kappa shape index (κ2) is 9.09. The van der Waals surface area contributed by atoms with Crippen LogP contribution >= 0.6 is 11.6 Å². The van der Waals surface area contributed by atoms with Gasteiger partial charge in [0.1, 0.15) is 17.9 Å². The van der Waals surface area contributed by atoms with E-state index in [1.54, 1.807) is 18.2 Å². The number of rotatable bonds is 7. The first-order valence-electron chi connectivity index (χ1n) is 10.4. The lowest BCUT2D eigenvalue weighted by Gasteiger charge is -2.41. The van der Waals surface area contributed by atoms with Crippen molar-refractivity contribution < 1.29 is 17.9 Å². The highest BCUT2D eigenvalue weighted by molar-refractivity contribution is 7.92. The summed E-state index contributed by atoms with van der Waals surface area (Å²) in [5.41, 5.74) is 1.72. The van der Waals surface area contributed by atoms with E-state index in [9.17, 15) is 13.2 Å². The number of ether oxygens (including phenoxy) is 1. The van der Waals surface area contributed by atoms with Crippen molar-refractivity contribution >= 4 is 33.2 Å². The van der Waals surface area contributed by atoms with Gasteiger partial charge < -0.3 is 10.1 Å². The van der Waals surface area contributed by atoms with Crippen molar-refractivity contribution in [1.29, 1.82) is 0 Å². The Morgan fingerprint density at radius 3 is 2.52 bits per heavy atom. The molecule has 3 rings (SSSR count). The molecule has 0 fully saturated rings. The van der Waals surface area contributed by atoms with Gasteiger partial charge in [0.2, 0.25) is 15.9 Å². The Morgan fingerprint density at radius 2 is 1.90 bits per heavy atom. The van der Waals surface area contributed by atoms with Crippen LogP contribution in [0.4, 0.5) is 5.69 Å². The number of aryl methyl sites for hydroxylation is 1. The van der Waals surface area contributed by atoms with Gasteiger partial charge in [0, 0.05) is 17.0 Å². The molecule has 1 aliphatic rings. The molecule has 1 aliphatic heterocycles. The van der Waals surface area contributed by atoms with E-state index in [4.69, 9.17) is 16.3 Å². The molecule has 0 bridgehead atoms. The number of halogens is 1. The number of nitrogens with zero attached hydrogens (tertiary/aromatic N) is 1. The number of hydrogen-bond acceptors (Lipinski definition) is 4. The van der Waals surface area contributed by atoms with Gasteiger partial charge in [-0.15, -0.1) is 0 Å². The third kappa shape index (κ3) is 5.15. The molecule has 0 aromatic heterocycles. The number of sulfonamides is 1. The van der Waals surface area contributed by atoms with E-state index in [1.165, 1.54) is 0 Å². The maximum absolute atomic E-state index is 13.0. The fourth-order valence-electron chi connectivity index (χ4n) is 3.94. The third-order valence-corrected chi connectivity index (χ3v) is 7.50. The van der Waals surface area contributed by atoms with Crippen LogP contribution < -0.4 is 14.4 Å². The minimum Gasteiger partial charge on any atom is -0.487 e. The average molecular weight is 465 g/mol. The lowest BCUT2D eigenvalue weighted by Crippen LogP contribution is -2.47. The first-order valence-corrected chi connectivity index (χ1v) is 12.6. The van der Waals surface area contributed by atoms with Crippen molar-refractivity contribution in [1.82, 2.24) is 5.32 Å². The van der Waals surface area contributed by atoms with Crippen LogP contribution in [0.1, 0.15) is 50.3 Å². The maximum atomic E-state index is 13.0. The summed E-state index contributed by atoms with van der Waals surface area (Å²) in [4.78, 5) is 13.0. The van der Waals surface area contributed by atoms with Crippen molar-refractivity contribution in [2.75, 3.05) is 17.1 Å². The Hall–Kier alpha value is -2.25. The summed E-state index contributed by atoms with van der Waals surface area (Å²) in [6.45, 7) is 5.65. The normalized spacial score (nSPS) is 17.4. The molecule has 168 valence electrons. The highest BCUT2D eigenvalue weighted by atomic mass is 35.5. The van der Waals surface area contributed by atoms with E-state index < -0.39 is 10.0 Å². The Labute approximate surface area is 189 Å². The van der Waals surface area contributed by atoms with Gasteiger partial charge in [-0.3, -0.25) is 9.10 Å². The summed E-state index contributed by atoms with van der Waals surface area (Å²) in [6.07, 6.45) is 3.32. The molecule has 2 aromatic rings. The van der Waals surface area contributed by atoms with Crippen LogP contribution in [0.25, 0.3) is 0 Å². The van der Waals surface area contributed by atoms with Crippen LogP contribution in [0, 0.1) is 6.92 Å². The summed E-state index contributed by atoms with van der Waals surface area (Å²) in [5.74, 6) is 0.373. The second-order valence-electron chi connectivity index (χ2n) is 8.06. The molecule has 6 nitrogen and oxygen atoms in total. The number of fused-ring (bicyclic) bond motifs is 1. The molecule has 0 saturated heterocycles. The number of nitrogens with one attached hydrogen (secondary N) is 1. The average Bonchev–Trinajstić information content (AvgIpc) is 2.73. The summed E-state index contributed by atoms with van der Waals surface area (Å²) < 4.78 is 32.2. The predicted octanol–water partition coefficient (Wildman–Crippen LogP) is 4.61. The molecule has 1 heterocycles. The van der Waals surface area contributed by atoms with E-state index in [-0.39, 0.29) is 24.1 Å². The molecule has 1 amide bonds. The number of amides is 1. The molecular formula is C23H29ClN2O4S. The van der Waals surface area contributed by atoms with Gasteiger partial charge in [-0.25, -0.2) is 8.42 Å². The molecule has 0 aliphatic carbocycles. The molecule has 1 N–H and O–H groups in total. The van der Waals surface area contributed by atoms with Crippen LogP contribution in [0.3, 0.4) is 0 Å². The van der Waals surface area contributed by atoms with E-state index in [0.29, 0.717) is 17.1 Å². The zero-order chi connectivity index (χ0) is 22.8. The van der Waals surface area contributed by atoms with Gasteiger partial charge in [0.05, 0.1) is 18.0 Å². The van der Waals surface area contributed by atoms with Crippen LogP contribution in [-0.2, 0) is 14.8 Å². The highest BCUT2D eigenvalue weighted by Crippen LogP contribution is 2.42. The molecule has 0 spiro atoms. The molecular weight excluding hydrogens is 436 g/mol. The molecule has 8 heteroatoms. The van der Waals surface area contributed by atoms with Crippen LogP contribution in [0.15, 0.2) is 42.5 Å². The number of carbonyl (C=O) groups excluding carboxylic acids is 1. The smallest absolute Gasteiger partial charge is 0.241 e. The lowest BCUT2D eigenvalue weighted by atomic mass is 9.83. The van der Waals surface area contributed by atoms with Gasteiger partial charge in [-0.2, -0.15) is 0 Å². The lowest BCUT2D eigenvalue weighted by molar-refractivity contribution is -0.121. The fourth-order valence-corrected chi connectivity index (χ4v) is 4.96. The molecule has 0 saturated carbocycles. The van der Waals surface area contributed by atoms with Crippen molar-refractivity contribution in [3.63, 3.8) is 0 Å². The largest absolute Gasteiger partial charge is 0.487 e. The van der Waals surface area contributed by atoms with Crippen LogP contribution in [0.5, 0.6) is 5.75 Å². The summed E-state index contributed by atoms with van der Waals surface area (Å²) in [6, 6.07) is 12.3. The Bertz CT molecular complexity index is 1070. The number of anilines is 1. The molecule has 31 heavy (non-hydrogen) atoms. The number of carbonyl (C=O) groups is 1. The summed E-state index contributed by atoms with van der Waals surface area (Å²) in [7, 11) is -3.69. The first-order chi connectivity index (χ1) is 14.6. The standard InChI is InChI=1S/C23H29ClN2O4S/c1-5-23(6-2)14-20(18-9-7-8-10-21(18)30-23)25-22(27)15-26(31(4,28)29)17-12-11-16(3)19(24)13-17/h7-13,20H,5-6,14-15H2,1-4H3,(H,25,27)/t20-/m0/s1. The van der Waals surface area contributed by atoms with Gasteiger partial charge in [0.25, 0.3) is 0 Å². The van der Waals surface area contributed by atoms with E-state index in [0.717, 1.165) is 40.3 Å². The fraction of sp³-hybridized carbons (Fsp3) is 0.435. The minimum atomic E-state index is -3.69. The monoisotopic (exact) mass is 464 g/mol. The van der Waals surface area contributed by atoms with E-state index in [2.05, 4.69) is 19.2 Å². The number of hydrogen-bond donors (Lipinski definition) is 1. The zero-order valence-corrected chi connectivity index (χ0v) is 19.9. The predicted molar refractivity (Wildman–Crippen MR) is 124 cm³/mol. The number of para-hydroxylation sites is 1. The molecule has 0 unspecified atom stereocenters. The molecule has 0 radical (unpaired) electrons. The molecule has 2 aromatic carbocycles. The quantitative estimate of drug-likeness (QED) is 0.649. The van der Waals surface area contributed by atoms with E-state index >= 15 is 0 Å². The Balaban J connectivity index is 1.86. The highest BCUT2D eigenvalue weighted by Gasteiger charge is 2.39. The van der Waals surface area contributed by atoms with Crippen molar-refractivity contribution in [2.24, 2.45) is 0 Å². The van der Waals surface area contributed by atoms with E-state index in [1.807, 2.05) is 31.2 Å². The van der Waals surface area contributed by atoms with Crippen LogP contribution in [0.2, 0.25) is 5.02 Å². The van der Waals surface area contributed by atoms with Crippen molar-refractivity contribution in [3.8, 4) is 5.75 Å². The number of benzene rings is 2. The molecule has 1 atom stereocenters. The van der Waals surface area contributed by atoms with Gasteiger partial charge >= 0.3 is 0 Å². The summed E-state index contributed by atoms with van der Waals surface area (Å²) >= 11 is 6.18.